The first-order valence-electron chi connectivity index (χ1n) is 8.46. The largest absolute Gasteiger partial charge is 0.334 e. The normalized spacial score (nSPS) is 17.4. The predicted molar refractivity (Wildman–Crippen MR) is 98.3 cm³/mol. The van der Waals surface area contributed by atoms with Gasteiger partial charge >= 0.3 is 0 Å². The Hall–Kier alpha value is -2.19. The average Bonchev–Trinajstić information content (AvgIpc) is 3.05. The van der Waals surface area contributed by atoms with Crippen LogP contribution in [-0.2, 0) is 4.79 Å². The van der Waals surface area contributed by atoms with E-state index in [1.807, 2.05) is 25.3 Å². The Balaban J connectivity index is 0.00000100. The number of allylic oxidation sites excluding steroid dienone is 2. The summed E-state index contributed by atoms with van der Waals surface area (Å²) < 4.78 is 0. The van der Waals surface area contributed by atoms with Gasteiger partial charge in [0.2, 0.25) is 0 Å². The van der Waals surface area contributed by atoms with E-state index in [1.54, 1.807) is 17.2 Å². The summed E-state index contributed by atoms with van der Waals surface area (Å²) in [5, 5.41) is 11.8. The first-order chi connectivity index (χ1) is 11.8. The molecule has 1 aromatic rings. The lowest BCUT2D eigenvalue weighted by atomic mass is 9.95. The number of carbonyl (C=O) groups is 1. The summed E-state index contributed by atoms with van der Waals surface area (Å²) >= 11 is 1.42. The third kappa shape index (κ3) is 4.42. The summed E-state index contributed by atoms with van der Waals surface area (Å²) in [5.41, 5.74) is 2.89. The van der Waals surface area contributed by atoms with E-state index >= 15 is 0 Å². The van der Waals surface area contributed by atoms with Crippen LogP contribution in [0.25, 0.3) is 6.08 Å². The summed E-state index contributed by atoms with van der Waals surface area (Å²) in [4.78, 5) is 18.6. The average molecular weight is 341 g/mol. The van der Waals surface area contributed by atoms with Crippen LogP contribution in [0.4, 0.5) is 0 Å². The third-order valence-electron chi connectivity index (χ3n) is 4.01. The minimum Gasteiger partial charge on any atom is -0.334 e. The zero-order chi connectivity index (χ0) is 17.4. The Morgan fingerprint density at radius 3 is 2.96 bits per heavy atom. The van der Waals surface area contributed by atoms with Crippen LogP contribution in [0.15, 0.2) is 40.4 Å². The molecule has 24 heavy (non-hydrogen) atoms. The number of hydrogen-bond acceptors (Lipinski definition) is 4. The lowest BCUT2D eigenvalue weighted by Gasteiger charge is -2.21. The molecule has 0 bridgehead atoms. The van der Waals surface area contributed by atoms with Gasteiger partial charge in [-0.25, -0.2) is 4.98 Å². The van der Waals surface area contributed by atoms with Gasteiger partial charge in [0, 0.05) is 24.7 Å². The summed E-state index contributed by atoms with van der Waals surface area (Å²) in [7, 11) is 0. The third-order valence-corrected chi connectivity index (χ3v) is 4.73. The quantitative estimate of drug-likeness (QED) is 0.594. The molecule has 1 aliphatic carbocycles. The molecular formula is C19H23N3OS. The van der Waals surface area contributed by atoms with Crippen molar-refractivity contribution in [3.05, 3.63) is 45.5 Å². The van der Waals surface area contributed by atoms with Crippen LogP contribution in [0.5, 0.6) is 0 Å². The second-order valence-electron chi connectivity index (χ2n) is 5.44. The lowest BCUT2D eigenvalue weighted by molar-refractivity contribution is -0.126. The van der Waals surface area contributed by atoms with Gasteiger partial charge in [0.25, 0.3) is 5.91 Å². The number of nitriles is 1. The van der Waals surface area contributed by atoms with Crippen molar-refractivity contribution in [1.29, 1.82) is 5.26 Å². The van der Waals surface area contributed by atoms with Crippen molar-refractivity contribution < 1.29 is 4.79 Å². The topological polar surface area (TPSA) is 57.0 Å². The highest BCUT2D eigenvalue weighted by Gasteiger charge is 2.23. The van der Waals surface area contributed by atoms with E-state index in [9.17, 15) is 10.1 Å². The second-order valence-corrected chi connectivity index (χ2v) is 6.37. The summed E-state index contributed by atoms with van der Waals surface area (Å²) in [5.74, 6) is -0.189. The maximum absolute atomic E-state index is 12.6. The van der Waals surface area contributed by atoms with Crippen molar-refractivity contribution in [2.45, 2.75) is 39.5 Å². The van der Waals surface area contributed by atoms with E-state index in [-0.39, 0.29) is 11.5 Å². The maximum Gasteiger partial charge on any atom is 0.264 e. The number of nitrogens with zero attached hydrogens (tertiary/aromatic N) is 3. The van der Waals surface area contributed by atoms with Crippen molar-refractivity contribution in [1.82, 2.24) is 9.88 Å². The fourth-order valence-electron chi connectivity index (χ4n) is 2.89. The molecule has 0 atom stereocenters. The van der Waals surface area contributed by atoms with Crippen molar-refractivity contribution in [3.8, 4) is 6.07 Å². The van der Waals surface area contributed by atoms with Crippen LogP contribution in [0, 0.1) is 11.3 Å². The molecule has 1 aliphatic heterocycles. The van der Waals surface area contributed by atoms with Gasteiger partial charge in [0.1, 0.15) is 16.6 Å². The molecule has 0 aromatic carbocycles. The van der Waals surface area contributed by atoms with Crippen molar-refractivity contribution in [3.63, 3.8) is 0 Å². The van der Waals surface area contributed by atoms with E-state index in [0.29, 0.717) is 18.1 Å². The van der Waals surface area contributed by atoms with Gasteiger partial charge in [-0.2, -0.15) is 5.26 Å². The second kappa shape index (κ2) is 9.19. The van der Waals surface area contributed by atoms with Gasteiger partial charge in [-0.05, 0) is 37.3 Å². The van der Waals surface area contributed by atoms with Crippen LogP contribution < -0.4 is 0 Å². The van der Waals surface area contributed by atoms with E-state index in [2.05, 4.69) is 17.1 Å². The molecule has 2 heterocycles. The van der Waals surface area contributed by atoms with E-state index in [0.717, 1.165) is 25.7 Å². The fourth-order valence-corrected chi connectivity index (χ4v) is 3.46. The minimum atomic E-state index is -0.189. The molecule has 0 fully saturated rings. The lowest BCUT2D eigenvalue weighted by Crippen LogP contribution is -2.33. The van der Waals surface area contributed by atoms with Crippen LogP contribution in [0.3, 0.4) is 0 Å². The van der Waals surface area contributed by atoms with Gasteiger partial charge in [0.05, 0.1) is 0 Å². The highest BCUT2D eigenvalue weighted by Crippen LogP contribution is 2.27. The molecule has 1 amide bonds. The highest BCUT2D eigenvalue weighted by atomic mass is 32.1. The Morgan fingerprint density at radius 2 is 2.25 bits per heavy atom. The summed E-state index contributed by atoms with van der Waals surface area (Å²) in [6, 6.07) is 2.03. The standard InChI is InChI=1S/C17H17N3OS.C2H6/c18-11-15(10-16-19-7-9-22-16)17(21)20-8-3-6-13-4-1-2-5-14(13)12-20;1-2/h2,5,7,9-10H,1,3-4,6,8,12H2;1-2H3/b15-10+;. The molecule has 2 aliphatic rings. The number of hydrogen-bond donors (Lipinski definition) is 0. The number of aromatic nitrogens is 1. The molecule has 0 spiro atoms. The molecule has 5 heteroatoms. The first-order valence-corrected chi connectivity index (χ1v) is 9.34. The van der Waals surface area contributed by atoms with E-state index in [1.165, 1.54) is 22.5 Å². The van der Waals surface area contributed by atoms with Gasteiger partial charge in [-0.3, -0.25) is 4.79 Å². The van der Waals surface area contributed by atoms with Gasteiger partial charge < -0.3 is 4.90 Å². The Kier molecular flexibility index (Phi) is 6.95. The Labute approximate surface area is 147 Å². The zero-order valence-corrected chi connectivity index (χ0v) is 15.1. The van der Waals surface area contributed by atoms with Crippen molar-refractivity contribution in [2.75, 3.05) is 13.1 Å². The molecule has 0 N–H and O–H groups in total. The number of carbonyl (C=O) groups excluding carboxylic acids is 1. The van der Waals surface area contributed by atoms with E-state index in [4.69, 9.17) is 0 Å². The monoisotopic (exact) mass is 341 g/mol. The summed E-state index contributed by atoms with van der Waals surface area (Å²) in [6.45, 7) is 5.32. The predicted octanol–water partition coefficient (Wildman–Crippen LogP) is 4.35. The van der Waals surface area contributed by atoms with Gasteiger partial charge in [-0.15, -0.1) is 11.3 Å². The molecule has 0 saturated carbocycles. The van der Waals surface area contributed by atoms with Crippen molar-refractivity contribution >= 4 is 23.3 Å². The van der Waals surface area contributed by atoms with E-state index < -0.39 is 0 Å². The molecule has 1 aromatic heterocycles. The van der Waals surface area contributed by atoms with Crippen LogP contribution in [0.1, 0.15) is 44.5 Å². The van der Waals surface area contributed by atoms with Crippen LogP contribution >= 0.6 is 11.3 Å². The zero-order valence-electron chi connectivity index (χ0n) is 14.3. The fraction of sp³-hybridized carbons (Fsp3) is 0.421. The molecule has 4 nitrogen and oxygen atoms in total. The Bertz CT molecular complexity index is 693. The minimum absolute atomic E-state index is 0.166. The van der Waals surface area contributed by atoms with Gasteiger partial charge in [0.15, 0.2) is 0 Å². The first kappa shape index (κ1) is 18.2. The SMILES string of the molecule is CC.N#C/C(=C\c1nccs1)C(=O)N1CCCC2=C(C=CCC2)C1. The molecule has 0 radical (unpaired) electrons. The van der Waals surface area contributed by atoms with Crippen LogP contribution in [-0.4, -0.2) is 28.9 Å². The molecule has 0 unspecified atom stereocenters. The Morgan fingerprint density at radius 1 is 1.42 bits per heavy atom. The number of rotatable bonds is 2. The molecule has 3 rings (SSSR count). The van der Waals surface area contributed by atoms with Crippen molar-refractivity contribution in [2.24, 2.45) is 0 Å². The molecule has 0 saturated heterocycles. The molecular weight excluding hydrogens is 318 g/mol. The van der Waals surface area contributed by atoms with Crippen LogP contribution in [0.2, 0.25) is 0 Å². The summed E-state index contributed by atoms with van der Waals surface area (Å²) in [6.07, 6.45) is 11.8. The molecule has 126 valence electrons. The smallest absolute Gasteiger partial charge is 0.264 e. The van der Waals surface area contributed by atoms with Gasteiger partial charge in [-0.1, -0.05) is 31.6 Å². The maximum atomic E-state index is 12.6. The highest BCUT2D eigenvalue weighted by molar-refractivity contribution is 7.10. The number of thiazole rings is 1. The number of amides is 1.